The second-order valence-electron chi connectivity index (χ2n) is 2.41. The molecule has 0 aliphatic heterocycles. The third-order valence-electron chi connectivity index (χ3n) is 1.16. The molecular weight excluding hydrogens is 182 g/mol. The maximum absolute atomic E-state index is 10.7. The van der Waals surface area contributed by atoms with E-state index in [2.05, 4.69) is 5.32 Å². The first-order valence-electron chi connectivity index (χ1n) is 3.45. The summed E-state index contributed by atoms with van der Waals surface area (Å²) in [7, 11) is -0.721. The second-order valence-corrected chi connectivity index (χ2v) is 4.14. The maximum Gasteiger partial charge on any atom is 0.0383 e. The van der Waals surface area contributed by atoms with E-state index in [1.54, 1.807) is 6.26 Å². The molecule has 0 aromatic carbocycles. The summed E-state index contributed by atoms with van der Waals surface area (Å²) < 4.78 is 10.7. The Kier molecular flexibility index (Phi) is 6.91. The van der Waals surface area contributed by atoms with E-state index in [1.807, 2.05) is 13.0 Å². The molecule has 0 heterocycles. The minimum atomic E-state index is -0.721. The van der Waals surface area contributed by atoms with Gasteiger partial charge in [0.2, 0.25) is 0 Å². The Morgan fingerprint density at radius 3 is 2.82 bits per heavy atom. The lowest BCUT2D eigenvalue weighted by Crippen LogP contribution is -2.30. The summed E-state index contributed by atoms with van der Waals surface area (Å²) in [5, 5.41) is 3.15. The van der Waals surface area contributed by atoms with Crippen molar-refractivity contribution < 1.29 is 4.21 Å². The predicted molar refractivity (Wildman–Crippen MR) is 51.4 cm³/mol. The standard InChI is InChI=1S/C7H14ClNOS/c1-7(6-11(2)10)9-5-3-4-8/h3-4,7,9H,5-6H2,1-2H3/b4-3+. The van der Waals surface area contributed by atoms with E-state index in [0.717, 1.165) is 6.54 Å². The highest BCUT2D eigenvalue weighted by Gasteiger charge is 2.00. The van der Waals surface area contributed by atoms with Crippen LogP contribution in [-0.2, 0) is 10.8 Å². The van der Waals surface area contributed by atoms with Crippen LogP contribution in [0.1, 0.15) is 6.92 Å². The topological polar surface area (TPSA) is 29.1 Å². The summed E-state index contributed by atoms with van der Waals surface area (Å²) in [5.74, 6) is 0.691. The summed E-state index contributed by atoms with van der Waals surface area (Å²) in [6.07, 6.45) is 3.52. The predicted octanol–water partition coefficient (Wildman–Crippen LogP) is 1.10. The SMILES string of the molecule is CC(CS(C)=O)NC/C=C/Cl. The molecule has 2 nitrogen and oxygen atoms in total. The molecule has 0 aromatic heterocycles. The summed E-state index contributed by atoms with van der Waals surface area (Å²) in [6, 6.07) is 0.286. The average Bonchev–Trinajstić information content (AvgIpc) is 1.86. The van der Waals surface area contributed by atoms with Gasteiger partial charge in [0.25, 0.3) is 0 Å². The van der Waals surface area contributed by atoms with Gasteiger partial charge in [-0.1, -0.05) is 17.7 Å². The van der Waals surface area contributed by atoms with Gasteiger partial charge >= 0.3 is 0 Å². The molecule has 0 amide bonds. The first kappa shape index (κ1) is 11.1. The summed E-state index contributed by atoms with van der Waals surface area (Å²) in [4.78, 5) is 0. The van der Waals surface area contributed by atoms with Crippen molar-refractivity contribution in [3.63, 3.8) is 0 Å². The van der Waals surface area contributed by atoms with Gasteiger partial charge in [0.15, 0.2) is 0 Å². The molecule has 0 spiro atoms. The molecule has 66 valence electrons. The molecule has 0 bridgehead atoms. The zero-order chi connectivity index (χ0) is 8.69. The molecule has 2 atom stereocenters. The van der Waals surface area contributed by atoms with Crippen LogP contribution in [0.25, 0.3) is 0 Å². The number of hydrogen-bond acceptors (Lipinski definition) is 2. The van der Waals surface area contributed by atoms with Gasteiger partial charge in [0.1, 0.15) is 0 Å². The molecule has 11 heavy (non-hydrogen) atoms. The van der Waals surface area contributed by atoms with Crippen LogP contribution in [0.2, 0.25) is 0 Å². The van der Waals surface area contributed by atoms with Crippen LogP contribution in [0.4, 0.5) is 0 Å². The molecule has 0 radical (unpaired) electrons. The Morgan fingerprint density at radius 2 is 2.36 bits per heavy atom. The van der Waals surface area contributed by atoms with E-state index >= 15 is 0 Å². The van der Waals surface area contributed by atoms with Crippen molar-refractivity contribution in [2.24, 2.45) is 0 Å². The van der Waals surface area contributed by atoms with Crippen LogP contribution in [0.15, 0.2) is 11.6 Å². The number of nitrogens with one attached hydrogen (secondary N) is 1. The zero-order valence-corrected chi connectivity index (χ0v) is 8.41. The van der Waals surface area contributed by atoms with Crippen LogP contribution in [-0.4, -0.2) is 28.8 Å². The minimum Gasteiger partial charge on any atom is -0.310 e. The maximum atomic E-state index is 10.7. The van der Waals surface area contributed by atoms with Crippen LogP contribution >= 0.6 is 11.6 Å². The lowest BCUT2D eigenvalue weighted by Gasteiger charge is -2.09. The molecule has 0 aromatic rings. The molecule has 0 aliphatic rings. The minimum absolute atomic E-state index is 0.286. The third-order valence-corrected chi connectivity index (χ3v) is 2.31. The van der Waals surface area contributed by atoms with Gasteiger partial charge in [-0.3, -0.25) is 4.21 Å². The fraction of sp³-hybridized carbons (Fsp3) is 0.714. The van der Waals surface area contributed by atoms with E-state index < -0.39 is 10.8 Å². The Labute approximate surface area is 75.5 Å². The quantitative estimate of drug-likeness (QED) is 0.712. The van der Waals surface area contributed by atoms with E-state index in [9.17, 15) is 4.21 Å². The van der Waals surface area contributed by atoms with Crippen molar-refractivity contribution >= 4 is 22.4 Å². The zero-order valence-electron chi connectivity index (χ0n) is 6.84. The van der Waals surface area contributed by atoms with E-state index in [0.29, 0.717) is 5.75 Å². The van der Waals surface area contributed by atoms with Crippen molar-refractivity contribution in [2.75, 3.05) is 18.6 Å². The van der Waals surface area contributed by atoms with Crippen LogP contribution in [0.3, 0.4) is 0 Å². The monoisotopic (exact) mass is 195 g/mol. The van der Waals surface area contributed by atoms with Crippen molar-refractivity contribution in [2.45, 2.75) is 13.0 Å². The lowest BCUT2D eigenvalue weighted by atomic mass is 10.4. The molecule has 1 N–H and O–H groups in total. The Hall–Kier alpha value is 0.140. The van der Waals surface area contributed by atoms with Gasteiger partial charge in [0.05, 0.1) is 0 Å². The first-order chi connectivity index (χ1) is 5.16. The number of rotatable bonds is 5. The summed E-state index contributed by atoms with van der Waals surface area (Å²) in [5.41, 5.74) is 1.47. The smallest absolute Gasteiger partial charge is 0.0383 e. The molecule has 4 heteroatoms. The molecule has 0 saturated heterocycles. The highest BCUT2D eigenvalue weighted by molar-refractivity contribution is 7.84. The number of halogens is 1. The van der Waals surface area contributed by atoms with E-state index in [4.69, 9.17) is 11.6 Å². The largest absolute Gasteiger partial charge is 0.310 e. The molecular formula is C7H14ClNOS. The van der Waals surface area contributed by atoms with Crippen molar-refractivity contribution in [1.82, 2.24) is 5.32 Å². The van der Waals surface area contributed by atoms with Gasteiger partial charge in [-0.25, -0.2) is 0 Å². The molecule has 0 saturated carbocycles. The molecule has 0 fully saturated rings. The normalized spacial score (nSPS) is 17.0. The third kappa shape index (κ3) is 8.04. The van der Waals surface area contributed by atoms with Crippen LogP contribution < -0.4 is 5.32 Å². The van der Waals surface area contributed by atoms with Crippen LogP contribution in [0.5, 0.6) is 0 Å². The molecule has 2 unspecified atom stereocenters. The highest BCUT2D eigenvalue weighted by Crippen LogP contribution is 1.85. The van der Waals surface area contributed by atoms with Crippen molar-refractivity contribution in [3.8, 4) is 0 Å². The van der Waals surface area contributed by atoms with Gasteiger partial charge in [0, 0.05) is 40.9 Å². The Morgan fingerprint density at radius 1 is 1.73 bits per heavy atom. The summed E-state index contributed by atoms with van der Waals surface area (Å²) >= 11 is 5.31. The van der Waals surface area contributed by atoms with Crippen LogP contribution in [0, 0.1) is 0 Å². The van der Waals surface area contributed by atoms with E-state index in [-0.39, 0.29) is 6.04 Å². The molecule has 0 rings (SSSR count). The number of hydrogen-bond donors (Lipinski definition) is 1. The first-order valence-corrected chi connectivity index (χ1v) is 5.61. The fourth-order valence-electron chi connectivity index (χ4n) is 0.725. The van der Waals surface area contributed by atoms with Gasteiger partial charge in [-0.15, -0.1) is 0 Å². The van der Waals surface area contributed by atoms with Crippen molar-refractivity contribution in [1.29, 1.82) is 0 Å². The summed E-state index contributed by atoms with van der Waals surface area (Å²) in [6.45, 7) is 2.74. The van der Waals surface area contributed by atoms with Gasteiger partial charge in [-0.05, 0) is 6.92 Å². The van der Waals surface area contributed by atoms with Gasteiger partial charge in [-0.2, -0.15) is 0 Å². The highest BCUT2D eigenvalue weighted by atomic mass is 35.5. The second kappa shape index (κ2) is 6.83. The van der Waals surface area contributed by atoms with Gasteiger partial charge < -0.3 is 5.32 Å². The molecule has 0 aliphatic carbocycles. The lowest BCUT2D eigenvalue weighted by molar-refractivity contribution is 0.625. The van der Waals surface area contributed by atoms with Crippen molar-refractivity contribution in [3.05, 3.63) is 11.6 Å². The Balaban J connectivity index is 3.36. The fourth-order valence-corrected chi connectivity index (χ4v) is 1.64. The Bertz CT molecular complexity index is 149. The average molecular weight is 196 g/mol. The van der Waals surface area contributed by atoms with E-state index in [1.165, 1.54) is 5.54 Å².